The minimum Gasteiger partial charge on any atom is -0.497 e. The molecule has 2 aromatic rings. The number of nitrogens with one attached hydrogen (secondary N) is 2. The number of hydrazone groups is 1. The third kappa shape index (κ3) is 4.84. The SMILES string of the molecule is COc1ccc(NCC(=O)N/N=C/c2ccc([N+](=O)[O-])o2)cc1. The largest absolute Gasteiger partial charge is 0.497 e. The van der Waals surface area contributed by atoms with Crippen molar-refractivity contribution in [3.8, 4) is 5.75 Å². The number of anilines is 1. The third-order valence-electron chi connectivity index (χ3n) is 2.72. The molecule has 0 aliphatic heterocycles. The van der Waals surface area contributed by atoms with E-state index >= 15 is 0 Å². The topological polar surface area (TPSA) is 119 Å². The minimum absolute atomic E-state index is 0.0158. The van der Waals surface area contributed by atoms with Crippen molar-refractivity contribution in [2.24, 2.45) is 5.10 Å². The number of rotatable bonds is 7. The van der Waals surface area contributed by atoms with Crippen molar-refractivity contribution in [3.05, 3.63) is 52.3 Å². The maximum absolute atomic E-state index is 11.6. The number of amides is 1. The predicted molar refractivity (Wildman–Crippen MR) is 82.6 cm³/mol. The smallest absolute Gasteiger partial charge is 0.433 e. The Bertz CT molecular complexity index is 708. The lowest BCUT2D eigenvalue weighted by atomic mass is 10.3. The normalized spacial score (nSPS) is 10.5. The van der Waals surface area contributed by atoms with Crippen LogP contribution < -0.4 is 15.5 Å². The molecule has 9 heteroatoms. The van der Waals surface area contributed by atoms with Crippen molar-refractivity contribution in [1.82, 2.24) is 5.43 Å². The maximum Gasteiger partial charge on any atom is 0.433 e. The molecule has 2 N–H and O–H groups in total. The molecule has 0 saturated heterocycles. The molecule has 0 saturated carbocycles. The first-order valence-electron chi connectivity index (χ1n) is 6.52. The van der Waals surface area contributed by atoms with Crippen LogP contribution in [-0.2, 0) is 4.79 Å². The van der Waals surface area contributed by atoms with E-state index in [0.29, 0.717) is 0 Å². The Kier molecular flexibility index (Phi) is 5.29. The molecule has 120 valence electrons. The second kappa shape index (κ2) is 7.59. The number of methoxy groups -OCH3 is 1. The summed E-state index contributed by atoms with van der Waals surface area (Å²) in [5.41, 5.74) is 3.03. The molecule has 1 amide bonds. The van der Waals surface area contributed by atoms with Crippen molar-refractivity contribution < 1.29 is 18.9 Å². The molecule has 2 rings (SSSR count). The molecular formula is C14H14N4O5. The van der Waals surface area contributed by atoms with Crippen LogP contribution in [0, 0.1) is 10.1 Å². The van der Waals surface area contributed by atoms with Crippen LogP contribution in [-0.4, -0.2) is 30.7 Å². The van der Waals surface area contributed by atoms with Gasteiger partial charge in [-0.2, -0.15) is 5.10 Å². The molecule has 0 aliphatic carbocycles. The molecule has 1 aromatic carbocycles. The van der Waals surface area contributed by atoms with Gasteiger partial charge in [0, 0.05) is 5.69 Å². The molecular weight excluding hydrogens is 304 g/mol. The van der Waals surface area contributed by atoms with Crippen molar-refractivity contribution >= 4 is 23.7 Å². The Morgan fingerprint density at radius 3 is 2.70 bits per heavy atom. The molecule has 0 aliphatic rings. The number of hydrogen-bond donors (Lipinski definition) is 2. The number of furan rings is 1. The summed E-state index contributed by atoms with van der Waals surface area (Å²) in [6, 6.07) is 9.66. The summed E-state index contributed by atoms with van der Waals surface area (Å²) in [4.78, 5) is 21.4. The van der Waals surface area contributed by atoms with Gasteiger partial charge in [-0.3, -0.25) is 14.9 Å². The average Bonchev–Trinajstić information content (AvgIpc) is 3.02. The third-order valence-corrected chi connectivity index (χ3v) is 2.72. The zero-order valence-corrected chi connectivity index (χ0v) is 12.2. The van der Waals surface area contributed by atoms with Crippen LogP contribution in [0.3, 0.4) is 0 Å². The molecule has 1 heterocycles. The van der Waals surface area contributed by atoms with E-state index in [4.69, 9.17) is 9.15 Å². The van der Waals surface area contributed by atoms with Crippen molar-refractivity contribution in [3.63, 3.8) is 0 Å². The van der Waals surface area contributed by atoms with Crippen LogP contribution in [0.25, 0.3) is 0 Å². The summed E-state index contributed by atoms with van der Waals surface area (Å²) in [7, 11) is 1.57. The summed E-state index contributed by atoms with van der Waals surface area (Å²) in [5.74, 6) is 0.120. The van der Waals surface area contributed by atoms with Gasteiger partial charge in [0.15, 0.2) is 5.76 Å². The quantitative estimate of drug-likeness (QED) is 0.456. The first-order chi connectivity index (χ1) is 11.1. The number of benzene rings is 1. The zero-order valence-electron chi connectivity index (χ0n) is 12.2. The summed E-state index contributed by atoms with van der Waals surface area (Å²) in [6.45, 7) is 0.0158. The van der Waals surface area contributed by atoms with Gasteiger partial charge in [-0.25, -0.2) is 5.43 Å². The molecule has 0 spiro atoms. The van der Waals surface area contributed by atoms with Gasteiger partial charge in [-0.1, -0.05) is 0 Å². The molecule has 9 nitrogen and oxygen atoms in total. The van der Waals surface area contributed by atoms with E-state index in [1.54, 1.807) is 31.4 Å². The van der Waals surface area contributed by atoms with Crippen molar-refractivity contribution in [2.75, 3.05) is 19.0 Å². The fourth-order valence-corrected chi connectivity index (χ4v) is 1.61. The van der Waals surface area contributed by atoms with Crippen LogP contribution in [0.5, 0.6) is 5.75 Å². The van der Waals surface area contributed by atoms with Gasteiger partial charge in [0.1, 0.15) is 10.7 Å². The highest BCUT2D eigenvalue weighted by Gasteiger charge is 2.10. The number of ether oxygens (including phenoxy) is 1. The standard InChI is InChI=1S/C14H14N4O5/c1-22-11-4-2-10(3-5-11)15-9-13(19)17-16-8-12-6-7-14(23-12)18(20)21/h2-8,15H,9H2,1H3,(H,17,19)/b16-8+. The molecule has 0 bridgehead atoms. The van der Waals surface area contributed by atoms with Gasteiger partial charge >= 0.3 is 5.88 Å². The zero-order chi connectivity index (χ0) is 16.7. The maximum atomic E-state index is 11.6. The van der Waals surface area contributed by atoms with Gasteiger partial charge in [-0.15, -0.1) is 0 Å². The van der Waals surface area contributed by atoms with E-state index < -0.39 is 4.92 Å². The predicted octanol–water partition coefficient (Wildman–Crippen LogP) is 1.76. The van der Waals surface area contributed by atoms with E-state index in [9.17, 15) is 14.9 Å². The number of nitro groups is 1. The highest BCUT2D eigenvalue weighted by Crippen LogP contribution is 2.15. The number of nitrogens with zero attached hydrogens (tertiary/aromatic N) is 2. The molecule has 0 fully saturated rings. The van der Waals surface area contributed by atoms with Gasteiger partial charge in [0.2, 0.25) is 0 Å². The lowest BCUT2D eigenvalue weighted by molar-refractivity contribution is -0.402. The van der Waals surface area contributed by atoms with E-state index in [2.05, 4.69) is 15.8 Å². The van der Waals surface area contributed by atoms with E-state index in [1.807, 2.05) is 0 Å². The first-order valence-corrected chi connectivity index (χ1v) is 6.52. The first kappa shape index (κ1) is 16.0. The molecule has 1 aromatic heterocycles. The Hall–Kier alpha value is -3.36. The molecule has 23 heavy (non-hydrogen) atoms. The van der Waals surface area contributed by atoms with Crippen LogP contribution in [0.15, 0.2) is 45.9 Å². The van der Waals surface area contributed by atoms with Crippen molar-refractivity contribution in [1.29, 1.82) is 0 Å². The summed E-state index contributed by atoms with van der Waals surface area (Å²) >= 11 is 0. The highest BCUT2D eigenvalue weighted by molar-refractivity contribution is 5.83. The summed E-state index contributed by atoms with van der Waals surface area (Å²) < 4.78 is 9.88. The minimum atomic E-state index is -0.658. The molecule has 0 unspecified atom stereocenters. The lowest BCUT2D eigenvalue weighted by Crippen LogP contribution is -2.25. The van der Waals surface area contributed by atoms with E-state index in [0.717, 1.165) is 11.4 Å². The van der Waals surface area contributed by atoms with Gasteiger partial charge in [0.25, 0.3) is 5.91 Å². The fraction of sp³-hybridized carbons (Fsp3) is 0.143. The second-order valence-corrected chi connectivity index (χ2v) is 4.31. The van der Waals surface area contributed by atoms with Crippen LogP contribution in [0.4, 0.5) is 11.6 Å². The Balaban J connectivity index is 1.77. The Morgan fingerprint density at radius 2 is 2.09 bits per heavy atom. The average molecular weight is 318 g/mol. The number of carbonyl (C=O) groups excluding carboxylic acids is 1. The molecule has 0 radical (unpaired) electrons. The second-order valence-electron chi connectivity index (χ2n) is 4.31. The van der Waals surface area contributed by atoms with Gasteiger partial charge < -0.3 is 14.5 Å². The van der Waals surface area contributed by atoms with Crippen LogP contribution >= 0.6 is 0 Å². The van der Waals surface area contributed by atoms with Crippen LogP contribution in [0.1, 0.15) is 5.76 Å². The van der Waals surface area contributed by atoms with Crippen molar-refractivity contribution in [2.45, 2.75) is 0 Å². The number of hydrogen-bond acceptors (Lipinski definition) is 7. The fourth-order valence-electron chi connectivity index (χ4n) is 1.61. The van der Waals surface area contributed by atoms with E-state index in [1.165, 1.54) is 18.3 Å². The summed E-state index contributed by atoms with van der Waals surface area (Å²) in [6.07, 6.45) is 1.18. The summed E-state index contributed by atoms with van der Waals surface area (Å²) in [5, 5.41) is 17.0. The Labute approximate surface area is 131 Å². The number of carbonyl (C=O) groups is 1. The lowest BCUT2D eigenvalue weighted by Gasteiger charge is -2.06. The molecule has 0 atom stereocenters. The highest BCUT2D eigenvalue weighted by atomic mass is 16.6. The Morgan fingerprint density at radius 1 is 1.35 bits per heavy atom. The van der Waals surface area contributed by atoms with Gasteiger partial charge in [0.05, 0.1) is 25.9 Å². The monoisotopic (exact) mass is 318 g/mol. The van der Waals surface area contributed by atoms with Crippen LogP contribution in [0.2, 0.25) is 0 Å². The van der Waals surface area contributed by atoms with E-state index in [-0.39, 0.29) is 24.1 Å². The van der Waals surface area contributed by atoms with Gasteiger partial charge in [-0.05, 0) is 30.3 Å².